The van der Waals surface area contributed by atoms with Crippen molar-refractivity contribution in [2.45, 2.75) is 19.4 Å². The minimum absolute atomic E-state index is 0.262. The van der Waals surface area contributed by atoms with Gasteiger partial charge in [-0.25, -0.2) is 0 Å². The molecule has 1 aliphatic rings. The average molecular weight is 263 g/mol. The Morgan fingerprint density at radius 1 is 1.37 bits per heavy atom. The maximum absolute atomic E-state index is 5.46. The first-order valence-corrected chi connectivity index (χ1v) is 6.63. The molecule has 0 radical (unpaired) electrons. The van der Waals surface area contributed by atoms with Crippen molar-refractivity contribution in [2.24, 2.45) is 0 Å². The third-order valence-electron chi connectivity index (χ3n) is 3.06. The van der Waals surface area contributed by atoms with Gasteiger partial charge in [0.1, 0.15) is 0 Å². The maximum atomic E-state index is 5.46. The minimum atomic E-state index is 0.262. The standard InChI is InChI=1S/C15H21NO3/c1-3-4-8-17-9-7-16-12(2)13-5-6-14-15(10-13)19-11-18-14/h3,5-6,10,12,16H,1,4,7-9,11H2,2H3. The van der Waals surface area contributed by atoms with Gasteiger partial charge < -0.3 is 19.5 Å². The zero-order valence-corrected chi connectivity index (χ0v) is 11.4. The van der Waals surface area contributed by atoms with Gasteiger partial charge >= 0.3 is 0 Å². The Morgan fingerprint density at radius 3 is 3.05 bits per heavy atom. The van der Waals surface area contributed by atoms with Crippen LogP contribution >= 0.6 is 0 Å². The summed E-state index contributed by atoms with van der Waals surface area (Å²) in [6, 6.07) is 6.30. The van der Waals surface area contributed by atoms with E-state index in [4.69, 9.17) is 14.2 Å². The summed E-state index contributed by atoms with van der Waals surface area (Å²) in [5.74, 6) is 1.65. The molecule has 0 fully saturated rings. The van der Waals surface area contributed by atoms with E-state index in [1.54, 1.807) is 0 Å². The third kappa shape index (κ3) is 3.98. The van der Waals surface area contributed by atoms with Crippen LogP contribution in [0.1, 0.15) is 24.9 Å². The van der Waals surface area contributed by atoms with E-state index in [-0.39, 0.29) is 6.04 Å². The number of rotatable bonds is 8. The van der Waals surface area contributed by atoms with E-state index in [2.05, 4.69) is 24.9 Å². The lowest BCUT2D eigenvalue weighted by Gasteiger charge is -2.14. The first-order chi connectivity index (χ1) is 9.31. The van der Waals surface area contributed by atoms with E-state index >= 15 is 0 Å². The zero-order valence-electron chi connectivity index (χ0n) is 11.4. The molecule has 0 aliphatic carbocycles. The Labute approximate surface area is 114 Å². The Morgan fingerprint density at radius 2 is 2.21 bits per heavy atom. The SMILES string of the molecule is C=CCCOCCNC(C)c1ccc2c(c1)OCO2. The summed E-state index contributed by atoms with van der Waals surface area (Å²) >= 11 is 0. The molecule has 104 valence electrons. The van der Waals surface area contributed by atoms with Gasteiger partial charge in [-0.1, -0.05) is 12.1 Å². The van der Waals surface area contributed by atoms with Gasteiger partial charge in [0.25, 0.3) is 0 Å². The van der Waals surface area contributed by atoms with Crippen molar-refractivity contribution in [1.29, 1.82) is 0 Å². The summed E-state index contributed by atoms with van der Waals surface area (Å²) in [4.78, 5) is 0. The molecule has 1 N–H and O–H groups in total. The van der Waals surface area contributed by atoms with Crippen LogP contribution in [0.4, 0.5) is 0 Å². The first-order valence-electron chi connectivity index (χ1n) is 6.63. The van der Waals surface area contributed by atoms with Crippen LogP contribution < -0.4 is 14.8 Å². The zero-order chi connectivity index (χ0) is 13.5. The molecule has 0 amide bonds. The van der Waals surface area contributed by atoms with E-state index in [0.717, 1.165) is 31.1 Å². The van der Waals surface area contributed by atoms with Gasteiger partial charge in [-0.2, -0.15) is 0 Å². The van der Waals surface area contributed by atoms with Crippen LogP contribution in [-0.2, 0) is 4.74 Å². The van der Waals surface area contributed by atoms with Crippen molar-refractivity contribution in [3.8, 4) is 11.5 Å². The Kier molecular flexibility index (Phi) is 5.24. The average Bonchev–Trinajstić information content (AvgIpc) is 2.89. The van der Waals surface area contributed by atoms with Crippen LogP contribution in [-0.4, -0.2) is 26.6 Å². The molecule has 1 heterocycles. The summed E-state index contributed by atoms with van der Waals surface area (Å²) in [6.45, 7) is 8.38. The predicted octanol–water partition coefficient (Wildman–Crippen LogP) is 2.66. The Balaban J connectivity index is 1.73. The molecule has 0 saturated carbocycles. The fraction of sp³-hybridized carbons (Fsp3) is 0.467. The van der Waals surface area contributed by atoms with Gasteiger partial charge in [-0.15, -0.1) is 6.58 Å². The van der Waals surface area contributed by atoms with Gasteiger partial charge in [0.2, 0.25) is 6.79 Å². The van der Waals surface area contributed by atoms with Crippen molar-refractivity contribution in [2.75, 3.05) is 26.6 Å². The molecule has 1 atom stereocenters. The molecule has 1 aromatic rings. The molecular weight excluding hydrogens is 242 g/mol. The van der Waals surface area contributed by atoms with Crippen LogP contribution in [0.5, 0.6) is 11.5 Å². The van der Waals surface area contributed by atoms with Crippen molar-refractivity contribution >= 4 is 0 Å². The highest BCUT2D eigenvalue weighted by molar-refractivity contribution is 5.45. The lowest BCUT2D eigenvalue weighted by molar-refractivity contribution is 0.138. The van der Waals surface area contributed by atoms with E-state index in [0.29, 0.717) is 13.4 Å². The fourth-order valence-corrected chi connectivity index (χ4v) is 1.92. The van der Waals surface area contributed by atoms with Crippen molar-refractivity contribution in [3.63, 3.8) is 0 Å². The van der Waals surface area contributed by atoms with Gasteiger partial charge in [-0.3, -0.25) is 0 Å². The second kappa shape index (κ2) is 7.16. The van der Waals surface area contributed by atoms with E-state index in [9.17, 15) is 0 Å². The van der Waals surface area contributed by atoms with Crippen LogP contribution in [0, 0.1) is 0 Å². The molecule has 4 heteroatoms. The number of hydrogen-bond donors (Lipinski definition) is 1. The minimum Gasteiger partial charge on any atom is -0.454 e. The number of benzene rings is 1. The van der Waals surface area contributed by atoms with E-state index in [1.165, 1.54) is 5.56 Å². The van der Waals surface area contributed by atoms with Crippen LogP contribution in [0.2, 0.25) is 0 Å². The Bertz CT molecular complexity index is 420. The normalized spacial score (nSPS) is 14.4. The molecule has 4 nitrogen and oxygen atoms in total. The highest BCUT2D eigenvalue weighted by Crippen LogP contribution is 2.33. The lowest BCUT2D eigenvalue weighted by Crippen LogP contribution is -2.23. The second-order valence-electron chi connectivity index (χ2n) is 4.48. The molecule has 1 aliphatic heterocycles. The van der Waals surface area contributed by atoms with E-state index < -0.39 is 0 Å². The van der Waals surface area contributed by atoms with Crippen LogP contribution in [0.15, 0.2) is 30.9 Å². The van der Waals surface area contributed by atoms with Gasteiger partial charge in [0, 0.05) is 12.6 Å². The summed E-state index contributed by atoms with van der Waals surface area (Å²) < 4.78 is 16.1. The number of ether oxygens (including phenoxy) is 3. The maximum Gasteiger partial charge on any atom is 0.231 e. The molecule has 0 saturated heterocycles. The molecular formula is C15H21NO3. The molecule has 0 bridgehead atoms. The highest BCUT2D eigenvalue weighted by Gasteiger charge is 2.15. The molecule has 1 aromatic carbocycles. The molecule has 0 spiro atoms. The first kappa shape index (κ1) is 13.9. The molecule has 19 heavy (non-hydrogen) atoms. The molecule has 0 aromatic heterocycles. The summed E-state index contributed by atoms with van der Waals surface area (Å²) in [5.41, 5.74) is 1.19. The van der Waals surface area contributed by atoms with E-state index in [1.807, 2.05) is 18.2 Å². The van der Waals surface area contributed by atoms with Gasteiger partial charge in [-0.05, 0) is 31.0 Å². The van der Waals surface area contributed by atoms with Gasteiger partial charge in [0.15, 0.2) is 11.5 Å². The second-order valence-corrected chi connectivity index (χ2v) is 4.48. The number of fused-ring (bicyclic) bond motifs is 1. The Hall–Kier alpha value is -1.52. The number of hydrogen-bond acceptors (Lipinski definition) is 4. The molecule has 1 unspecified atom stereocenters. The number of nitrogens with one attached hydrogen (secondary N) is 1. The quantitative estimate of drug-likeness (QED) is 0.578. The third-order valence-corrected chi connectivity index (χ3v) is 3.06. The fourth-order valence-electron chi connectivity index (χ4n) is 1.92. The molecule has 2 rings (SSSR count). The van der Waals surface area contributed by atoms with Crippen molar-refractivity contribution in [3.05, 3.63) is 36.4 Å². The largest absolute Gasteiger partial charge is 0.454 e. The summed E-state index contributed by atoms with van der Waals surface area (Å²) in [5, 5.41) is 3.42. The van der Waals surface area contributed by atoms with Gasteiger partial charge in [0.05, 0.1) is 13.2 Å². The summed E-state index contributed by atoms with van der Waals surface area (Å²) in [6.07, 6.45) is 2.76. The smallest absolute Gasteiger partial charge is 0.231 e. The predicted molar refractivity (Wildman–Crippen MR) is 74.6 cm³/mol. The van der Waals surface area contributed by atoms with Crippen molar-refractivity contribution in [1.82, 2.24) is 5.32 Å². The van der Waals surface area contributed by atoms with Crippen LogP contribution in [0.3, 0.4) is 0 Å². The lowest BCUT2D eigenvalue weighted by atomic mass is 10.1. The monoisotopic (exact) mass is 263 g/mol. The highest BCUT2D eigenvalue weighted by atomic mass is 16.7. The van der Waals surface area contributed by atoms with Crippen LogP contribution in [0.25, 0.3) is 0 Å². The van der Waals surface area contributed by atoms with Crippen molar-refractivity contribution < 1.29 is 14.2 Å². The topological polar surface area (TPSA) is 39.7 Å². The summed E-state index contributed by atoms with van der Waals surface area (Å²) in [7, 11) is 0.